The van der Waals surface area contributed by atoms with Gasteiger partial charge in [-0.3, -0.25) is 14.6 Å². The fraction of sp³-hybridized carbons (Fsp3) is 0.450. The van der Waals surface area contributed by atoms with Crippen molar-refractivity contribution in [1.82, 2.24) is 19.8 Å². The Balaban J connectivity index is 1.48. The number of carbonyl (C=O) groups excluding carboxylic acids is 2. The SMILES string of the molecule is O=C1CC[C@]2(CCCN(C(=O)c3cc[nH]c3)C2)CN1Cc1ccccn1. The number of nitrogens with one attached hydrogen (secondary N) is 1. The van der Waals surface area contributed by atoms with Gasteiger partial charge in [-0.2, -0.15) is 0 Å². The maximum atomic E-state index is 12.7. The molecule has 0 saturated carbocycles. The zero-order chi connectivity index (χ0) is 18.0. The predicted octanol–water partition coefficient (Wildman–Crippen LogP) is 2.45. The monoisotopic (exact) mass is 352 g/mol. The summed E-state index contributed by atoms with van der Waals surface area (Å²) in [7, 11) is 0. The molecule has 0 aliphatic carbocycles. The Morgan fingerprint density at radius 3 is 2.92 bits per heavy atom. The van der Waals surface area contributed by atoms with Crippen molar-refractivity contribution < 1.29 is 9.59 Å². The van der Waals surface area contributed by atoms with E-state index in [-0.39, 0.29) is 17.2 Å². The molecule has 4 rings (SSSR count). The molecule has 2 saturated heterocycles. The fourth-order valence-corrected chi connectivity index (χ4v) is 4.29. The summed E-state index contributed by atoms with van der Waals surface area (Å²) in [5.74, 6) is 0.272. The molecule has 0 aromatic carbocycles. The minimum absolute atomic E-state index is 0.00685. The molecule has 1 spiro atoms. The summed E-state index contributed by atoms with van der Waals surface area (Å²) in [5.41, 5.74) is 1.63. The highest BCUT2D eigenvalue weighted by Crippen LogP contribution is 2.39. The molecule has 1 atom stereocenters. The van der Waals surface area contributed by atoms with Crippen LogP contribution in [0.2, 0.25) is 0 Å². The van der Waals surface area contributed by atoms with E-state index in [0.29, 0.717) is 25.1 Å². The summed E-state index contributed by atoms with van der Waals surface area (Å²) in [4.78, 5) is 36.4. The van der Waals surface area contributed by atoms with Crippen molar-refractivity contribution >= 4 is 11.8 Å². The van der Waals surface area contributed by atoms with Crippen molar-refractivity contribution in [3.8, 4) is 0 Å². The Morgan fingerprint density at radius 2 is 2.15 bits per heavy atom. The molecule has 0 radical (unpaired) electrons. The number of amides is 2. The van der Waals surface area contributed by atoms with Crippen LogP contribution >= 0.6 is 0 Å². The van der Waals surface area contributed by atoms with Gasteiger partial charge in [0.15, 0.2) is 0 Å². The van der Waals surface area contributed by atoms with Gasteiger partial charge in [-0.05, 0) is 37.5 Å². The lowest BCUT2D eigenvalue weighted by Crippen LogP contribution is -2.54. The van der Waals surface area contributed by atoms with E-state index in [1.165, 1.54) is 0 Å². The molecule has 2 amide bonds. The molecule has 2 aliphatic heterocycles. The number of H-pyrrole nitrogens is 1. The van der Waals surface area contributed by atoms with Gasteiger partial charge >= 0.3 is 0 Å². The first kappa shape index (κ1) is 16.8. The Kier molecular flexibility index (Phi) is 4.49. The van der Waals surface area contributed by atoms with Crippen LogP contribution in [0.4, 0.5) is 0 Å². The molecule has 1 N–H and O–H groups in total. The van der Waals surface area contributed by atoms with Gasteiger partial charge in [-0.15, -0.1) is 0 Å². The predicted molar refractivity (Wildman–Crippen MR) is 97.3 cm³/mol. The van der Waals surface area contributed by atoms with Gasteiger partial charge in [0, 0.05) is 50.1 Å². The van der Waals surface area contributed by atoms with Crippen LogP contribution in [-0.2, 0) is 11.3 Å². The first-order valence-electron chi connectivity index (χ1n) is 9.25. The lowest BCUT2D eigenvalue weighted by molar-refractivity contribution is -0.139. The normalized spacial score (nSPS) is 23.5. The highest BCUT2D eigenvalue weighted by molar-refractivity contribution is 5.94. The molecule has 2 fully saturated rings. The molecule has 2 aromatic heterocycles. The van der Waals surface area contributed by atoms with Crippen LogP contribution in [0, 0.1) is 5.41 Å². The number of likely N-dealkylation sites (tertiary alicyclic amines) is 2. The van der Waals surface area contributed by atoms with Crippen LogP contribution in [0.25, 0.3) is 0 Å². The van der Waals surface area contributed by atoms with E-state index in [4.69, 9.17) is 0 Å². The quantitative estimate of drug-likeness (QED) is 0.922. The van der Waals surface area contributed by atoms with Gasteiger partial charge < -0.3 is 14.8 Å². The van der Waals surface area contributed by atoms with Crippen molar-refractivity contribution in [2.75, 3.05) is 19.6 Å². The van der Waals surface area contributed by atoms with E-state index in [1.54, 1.807) is 18.6 Å². The van der Waals surface area contributed by atoms with E-state index in [2.05, 4.69) is 9.97 Å². The smallest absolute Gasteiger partial charge is 0.255 e. The molecule has 2 aromatic rings. The number of carbonyl (C=O) groups is 2. The number of nitrogens with zero attached hydrogens (tertiary/aromatic N) is 3. The number of hydrogen-bond donors (Lipinski definition) is 1. The Labute approximate surface area is 153 Å². The van der Waals surface area contributed by atoms with Crippen LogP contribution in [0.5, 0.6) is 0 Å². The molecule has 0 unspecified atom stereocenters. The third kappa shape index (κ3) is 3.36. The third-order valence-corrected chi connectivity index (χ3v) is 5.62. The van der Waals surface area contributed by atoms with Gasteiger partial charge in [-0.1, -0.05) is 6.07 Å². The molecule has 136 valence electrons. The maximum Gasteiger partial charge on any atom is 0.255 e. The summed E-state index contributed by atoms with van der Waals surface area (Å²) < 4.78 is 0. The van der Waals surface area contributed by atoms with E-state index in [9.17, 15) is 9.59 Å². The Morgan fingerprint density at radius 1 is 1.23 bits per heavy atom. The number of rotatable bonds is 3. The van der Waals surface area contributed by atoms with Crippen LogP contribution in [0.15, 0.2) is 42.9 Å². The topological polar surface area (TPSA) is 69.3 Å². The number of aromatic nitrogens is 2. The van der Waals surface area contributed by atoms with E-state index >= 15 is 0 Å². The molecule has 6 nitrogen and oxygen atoms in total. The molecule has 2 aliphatic rings. The van der Waals surface area contributed by atoms with E-state index in [0.717, 1.165) is 38.0 Å². The van der Waals surface area contributed by atoms with Gasteiger partial charge in [0.05, 0.1) is 17.8 Å². The van der Waals surface area contributed by atoms with E-state index < -0.39 is 0 Å². The second-order valence-electron chi connectivity index (χ2n) is 7.50. The van der Waals surface area contributed by atoms with Crippen molar-refractivity contribution in [1.29, 1.82) is 0 Å². The van der Waals surface area contributed by atoms with Gasteiger partial charge in [0.1, 0.15) is 0 Å². The summed E-state index contributed by atoms with van der Waals surface area (Å²) in [6, 6.07) is 7.61. The average Bonchev–Trinajstić information content (AvgIpc) is 3.20. The molecular formula is C20H24N4O2. The van der Waals surface area contributed by atoms with Crippen molar-refractivity contribution in [2.45, 2.75) is 32.2 Å². The summed E-state index contributed by atoms with van der Waals surface area (Å²) >= 11 is 0. The van der Waals surface area contributed by atoms with Crippen LogP contribution in [0.3, 0.4) is 0 Å². The zero-order valence-electron chi connectivity index (χ0n) is 14.9. The van der Waals surface area contributed by atoms with Crippen molar-refractivity contribution in [3.05, 3.63) is 54.1 Å². The summed E-state index contributed by atoms with van der Waals surface area (Å²) in [6.45, 7) is 2.77. The zero-order valence-corrected chi connectivity index (χ0v) is 14.9. The van der Waals surface area contributed by atoms with Gasteiger partial charge in [0.2, 0.25) is 5.91 Å². The highest BCUT2D eigenvalue weighted by Gasteiger charge is 2.42. The average molecular weight is 352 g/mol. The third-order valence-electron chi connectivity index (χ3n) is 5.62. The van der Waals surface area contributed by atoms with Crippen molar-refractivity contribution in [2.24, 2.45) is 5.41 Å². The second-order valence-corrected chi connectivity index (χ2v) is 7.50. The first-order valence-corrected chi connectivity index (χ1v) is 9.25. The second kappa shape index (κ2) is 6.94. The largest absolute Gasteiger partial charge is 0.367 e. The molecule has 6 heteroatoms. The molecular weight excluding hydrogens is 328 g/mol. The summed E-state index contributed by atoms with van der Waals surface area (Å²) in [5, 5.41) is 0. The highest BCUT2D eigenvalue weighted by atomic mass is 16.2. The summed E-state index contributed by atoms with van der Waals surface area (Å²) in [6.07, 6.45) is 8.76. The van der Waals surface area contributed by atoms with Crippen LogP contribution in [0.1, 0.15) is 41.7 Å². The van der Waals surface area contributed by atoms with Crippen LogP contribution < -0.4 is 0 Å². The molecule has 26 heavy (non-hydrogen) atoms. The minimum atomic E-state index is 0.00685. The standard InChI is InChI=1S/C20H24N4O2/c25-18-5-8-20(15-24(18)13-17-4-1-2-9-22-17)7-3-11-23(14-20)19(26)16-6-10-21-12-16/h1-2,4,6,9-10,12,21H,3,5,7-8,11,13-15H2/t20-/m0/s1. The molecule has 0 bridgehead atoms. The number of hydrogen-bond acceptors (Lipinski definition) is 3. The Bertz CT molecular complexity index is 774. The van der Waals surface area contributed by atoms with Gasteiger partial charge in [0.25, 0.3) is 5.91 Å². The number of pyridine rings is 1. The lowest BCUT2D eigenvalue weighted by Gasteiger charge is -2.48. The van der Waals surface area contributed by atoms with E-state index in [1.807, 2.05) is 34.1 Å². The Hall–Kier alpha value is -2.63. The molecule has 4 heterocycles. The lowest BCUT2D eigenvalue weighted by atomic mass is 9.73. The first-order chi connectivity index (χ1) is 12.7. The maximum absolute atomic E-state index is 12.7. The number of aromatic amines is 1. The van der Waals surface area contributed by atoms with Gasteiger partial charge in [-0.25, -0.2) is 0 Å². The van der Waals surface area contributed by atoms with Crippen LogP contribution in [-0.4, -0.2) is 51.2 Å². The fourth-order valence-electron chi connectivity index (χ4n) is 4.29. The minimum Gasteiger partial charge on any atom is -0.367 e. The number of piperidine rings is 2. The van der Waals surface area contributed by atoms with Crippen molar-refractivity contribution in [3.63, 3.8) is 0 Å².